The number of benzene rings is 1. The van der Waals surface area contributed by atoms with Crippen molar-refractivity contribution in [1.29, 1.82) is 0 Å². The molecule has 10 heteroatoms. The molecule has 0 unspecified atom stereocenters. The van der Waals surface area contributed by atoms with E-state index < -0.39 is 18.0 Å². The number of hydrogen-bond acceptors (Lipinski definition) is 7. The van der Waals surface area contributed by atoms with E-state index in [4.69, 9.17) is 9.57 Å². The van der Waals surface area contributed by atoms with Gasteiger partial charge in [-0.3, -0.25) is 19.5 Å². The number of carbonyl (C=O) groups is 3. The molecule has 2 fully saturated rings. The molecule has 0 bridgehead atoms. The molecule has 0 aliphatic carbocycles. The van der Waals surface area contributed by atoms with Gasteiger partial charge in [0.15, 0.2) is 0 Å². The summed E-state index contributed by atoms with van der Waals surface area (Å²) in [6.07, 6.45) is 3.30. The molecule has 2 saturated heterocycles. The van der Waals surface area contributed by atoms with Crippen molar-refractivity contribution in [3.05, 3.63) is 54.1 Å². The van der Waals surface area contributed by atoms with Gasteiger partial charge in [0.05, 0.1) is 37.5 Å². The minimum Gasteiger partial charge on any atom is -0.444 e. The molecule has 1 aromatic heterocycles. The number of cyclic esters (lactones) is 1. The van der Waals surface area contributed by atoms with Crippen molar-refractivity contribution in [2.45, 2.75) is 32.3 Å². The fourth-order valence-corrected chi connectivity index (χ4v) is 4.02. The number of amides is 2. The first-order chi connectivity index (χ1) is 16.4. The van der Waals surface area contributed by atoms with Crippen molar-refractivity contribution in [2.24, 2.45) is 0 Å². The fraction of sp³-hybridized carbons (Fsp3) is 0.417. The van der Waals surface area contributed by atoms with E-state index in [-0.39, 0.29) is 31.3 Å². The molecule has 1 atom stereocenters. The van der Waals surface area contributed by atoms with Gasteiger partial charge in [0, 0.05) is 31.9 Å². The van der Waals surface area contributed by atoms with Crippen molar-refractivity contribution < 1.29 is 28.3 Å². The number of Topliss-reactive ketones (excluding diaryl/α,β-unsaturated/α-hetero) is 1. The fourth-order valence-electron chi connectivity index (χ4n) is 4.02. The summed E-state index contributed by atoms with van der Waals surface area (Å²) in [6.45, 7) is 3.11. The summed E-state index contributed by atoms with van der Waals surface area (Å²) in [5.74, 6) is -0.617. The second-order valence-corrected chi connectivity index (χ2v) is 8.34. The van der Waals surface area contributed by atoms with Crippen LogP contribution < -0.4 is 9.80 Å². The average Bonchev–Trinajstić information content (AvgIpc) is 3.02. The van der Waals surface area contributed by atoms with E-state index >= 15 is 4.39 Å². The molecule has 2 aromatic rings. The standard InChI is InChI=1S/C24H27FN4O5/c1-17(30)2-4-20-16-28(24(32)34-20)19-3-5-22(21(25)15-19)27-10-11-29(33-13-12-27)23(31)14-18-6-8-26-9-7-18/h3,5-9,15,20H,2,4,10-14,16H2,1H3/t20-/m0/s1. The molecular formula is C24H27FN4O5. The molecule has 3 heterocycles. The summed E-state index contributed by atoms with van der Waals surface area (Å²) >= 11 is 0. The molecule has 2 aliphatic heterocycles. The van der Waals surface area contributed by atoms with Gasteiger partial charge in [-0.05, 0) is 49.2 Å². The number of carbonyl (C=O) groups excluding carboxylic acids is 3. The summed E-state index contributed by atoms with van der Waals surface area (Å²) in [5, 5.41) is 1.33. The quantitative estimate of drug-likeness (QED) is 0.614. The van der Waals surface area contributed by atoms with Crippen LogP contribution >= 0.6 is 0 Å². The second-order valence-electron chi connectivity index (χ2n) is 8.34. The van der Waals surface area contributed by atoms with E-state index in [1.165, 1.54) is 23.0 Å². The Morgan fingerprint density at radius 3 is 2.68 bits per heavy atom. The SMILES string of the molecule is CC(=O)CC[C@H]1CN(c2ccc(N3CCON(C(=O)Cc4ccncc4)CC3)c(F)c2)C(=O)O1. The smallest absolute Gasteiger partial charge is 0.414 e. The van der Waals surface area contributed by atoms with Crippen molar-refractivity contribution in [1.82, 2.24) is 10.0 Å². The van der Waals surface area contributed by atoms with Crippen LogP contribution in [0.5, 0.6) is 0 Å². The number of hydrogen-bond donors (Lipinski definition) is 0. The van der Waals surface area contributed by atoms with Crippen LogP contribution in [0.15, 0.2) is 42.7 Å². The van der Waals surface area contributed by atoms with E-state index in [0.717, 1.165) is 5.56 Å². The molecule has 1 aromatic carbocycles. The Bertz CT molecular complexity index is 1050. The first-order valence-corrected chi connectivity index (χ1v) is 11.2. The van der Waals surface area contributed by atoms with Crippen molar-refractivity contribution in [3.63, 3.8) is 0 Å². The predicted octanol–water partition coefficient (Wildman–Crippen LogP) is 2.74. The van der Waals surface area contributed by atoms with E-state index in [1.54, 1.807) is 36.7 Å². The van der Waals surface area contributed by atoms with Gasteiger partial charge in [-0.2, -0.15) is 0 Å². The van der Waals surface area contributed by atoms with E-state index in [2.05, 4.69) is 4.98 Å². The normalized spacial score (nSPS) is 18.6. The number of rotatable bonds is 7. The monoisotopic (exact) mass is 470 g/mol. The zero-order valence-electron chi connectivity index (χ0n) is 19.0. The Kier molecular flexibility index (Phi) is 7.36. The van der Waals surface area contributed by atoms with Gasteiger partial charge in [0.25, 0.3) is 5.91 Å². The molecular weight excluding hydrogens is 443 g/mol. The zero-order valence-corrected chi connectivity index (χ0v) is 19.0. The molecule has 4 rings (SSSR count). The lowest BCUT2D eigenvalue weighted by molar-refractivity contribution is -0.181. The number of aromatic nitrogens is 1. The van der Waals surface area contributed by atoms with Gasteiger partial charge >= 0.3 is 6.09 Å². The first kappa shape index (κ1) is 23.6. The minimum absolute atomic E-state index is 0.0314. The van der Waals surface area contributed by atoms with Gasteiger partial charge in [-0.25, -0.2) is 14.2 Å². The maximum absolute atomic E-state index is 15.0. The molecule has 2 amide bonds. The first-order valence-electron chi connectivity index (χ1n) is 11.2. The molecule has 0 saturated carbocycles. The summed E-state index contributed by atoms with van der Waals surface area (Å²) < 4.78 is 20.4. The van der Waals surface area contributed by atoms with Crippen LogP contribution in [0.4, 0.5) is 20.6 Å². The topological polar surface area (TPSA) is 92.3 Å². The Hall–Kier alpha value is -3.53. The number of anilines is 2. The van der Waals surface area contributed by atoms with Crippen LogP contribution in [-0.4, -0.2) is 66.7 Å². The number of halogens is 1. The summed E-state index contributed by atoms with van der Waals surface area (Å²) in [5.41, 5.74) is 1.61. The van der Waals surface area contributed by atoms with Crippen LogP contribution in [-0.2, 0) is 25.6 Å². The highest BCUT2D eigenvalue weighted by atomic mass is 19.1. The highest BCUT2D eigenvalue weighted by Crippen LogP contribution is 2.29. The van der Waals surface area contributed by atoms with Crippen LogP contribution in [0.25, 0.3) is 0 Å². The maximum Gasteiger partial charge on any atom is 0.414 e. The van der Waals surface area contributed by atoms with Gasteiger partial charge < -0.3 is 14.4 Å². The largest absolute Gasteiger partial charge is 0.444 e. The van der Waals surface area contributed by atoms with Gasteiger partial charge in [0.1, 0.15) is 17.7 Å². The van der Waals surface area contributed by atoms with Crippen molar-refractivity contribution in [2.75, 3.05) is 42.6 Å². The van der Waals surface area contributed by atoms with E-state index in [1.807, 2.05) is 4.90 Å². The van der Waals surface area contributed by atoms with Crippen LogP contribution in [0.1, 0.15) is 25.3 Å². The molecule has 9 nitrogen and oxygen atoms in total. The predicted molar refractivity (Wildman–Crippen MR) is 122 cm³/mol. The summed E-state index contributed by atoms with van der Waals surface area (Å²) in [7, 11) is 0. The van der Waals surface area contributed by atoms with Crippen LogP contribution in [0.3, 0.4) is 0 Å². The third kappa shape index (κ3) is 5.69. The second kappa shape index (κ2) is 10.6. The summed E-state index contributed by atoms with van der Waals surface area (Å²) in [6, 6.07) is 8.16. The van der Waals surface area contributed by atoms with E-state index in [9.17, 15) is 14.4 Å². The number of hydroxylamine groups is 2. The highest BCUT2D eigenvalue weighted by molar-refractivity contribution is 5.90. The third-order valence-electron chi connectivity index (χ3n) is 5.84. The Balaban J connectivity index is 1.37. The van der Waals surface area contributed by atoms with Crippen LogP contribution in [0, 0.1) is 5.82 Å². The maximum atomic E-state index is 15.0. The highest BCUT2D eigenvalue weighted by Gasteiger charge is 2.33. The minimum atomic E-state index is -0.549. The number of pyridine rings is 1. The van der Waals surface area contributed by atoms with E-state index in [0.29, 0.717) is 43.9 Å². The molecule has 0 N–H and O–H groups in total. The molecule has 0 radical (unpaired) electrons. The summed E-state index contributed by atoms with van der Waals surface area (Å²) in [4.78, 5) is 48.8. The van der Waals surface area contributed by atoms with Gasteiger partial charge in [-0.15, -0.1) is 0 Å². The Labute approximate surface area is 197 Å². The van der Waals surface area contributed by atoms with Crippen LogP contribution in [0.2, 0.25) is 0 Å². The van der Waals surface area contributed by atoms with Crippen molar-refractivity contribution >= 4 is 29.2 Å². The molecule has 0 spiro atoms. The molecule has 34 heavy (non-hydrogen) atoms. The number of ketones is 1. The average molecular weight is 471 g/mol. The Morgan fingerprint density at radius 2 is 1.94 bits per heavy atom. The lowest BCUT2D eigenvalue weighted by Crippen LogP contribution is -2.35. The molecule has 2 aliphatic rings. The Morgan fingerprint density at radius 1 is 1.15 bits per heavy atom. The number of nitrogens with zero attached hydrogens (tertiary/aromatic N) is 4. The zero-order chi connectivity index (χ0) is 24.1. The molecule has 180 valence electrons. The number of ether oxygens (including phenoxy) is 1. The lowest BCUT2D eigenvalue weighted by Gasteiger charge is -2.24. The van der Waals surface area contributed by atoms with Crippen molar-refractivity contribution in [3.8, 4) is 0 Å². The van der Waals surface area contributed by atoms with Gasteiger partial charge in [0.2, 0.25) is 0 Å². The third-order valence-corrected chi connectivity index (χ3v) is 5.84. The van der Waals surface area contributed by atoms with Gasteiger partial charge in [-0.1, -0.05) is 0 Å². The lowest BCUT2D eigenvalue weighted by atomic mass is 10.1.